The molecule has 7 nitrogen and oxygen atoms in total. The minimum atomic E-state index is -1.05. The van der Waals surface area contributed by atoms with Gasteiger partial charge in [0.1, 0.15) is 0 Å². The van der Waals surface area contributed by atoms with Gasteiger partial charge in [-0.15, -0.1) is 0 Å². The smallest absolute Gasteiger partial charge is 0.305 e. The highest BCUT2D eigenvalue weighted by Gasteiger charge is 2.25. The predicted octanol–water partition coefficient (Wildman–Crippen LogP) is 4.39. The molecule has 0 fully saturated rings. The number of azo groups is 1. The monoisotopic (exact) mass is 283 g/mol. The van der Waals surface area contributed by atoms with Crippen LogP contribution in [0.25, 0.3) is 10.4 Å². The van der Waals surface area contributed by atoms with Gasteiger partial charge in [-0.1, -0.05) is 18.5 Å². The molecule has 0 aliphatic heterocycles. The van der Waals surface area contributed by atoms with Crippen molar-refractivity contribution in [2.45, 2.75) is 71.5 Å². The Bertz CT molecular complexity index is 383. The van der Waals surface area contributed by atoms with E-state index in [0.717, 1.165) is 12.8 Å². The van der Waals surface area contributed by atoms with Crippen LogP contribution in [0.2, 0.25) is 0 Å². The second-order valence-corrected chi connectivity index (χ2v) is 5.85. The first-order valence-electron chi connectivity index (χ1n) is 6.88. The number of hydrogen-bond donors (Lipinski definition) is 0. The molecule has 0 rings (SSSR count). The number of unbranched alkanes of at least 4 members (excludes halogenated alkanes) is 1. The minimum absolute atomic E-state index is 0.155. The molecule has 0 radical (unpaired) electrons. The van der Waals surface area contributed by atoms with Crippen LogP contribution in [0.15, 0.2) is 15.3 Å². The normalized spacial score (nSPS) is 14.7. The maximum absolute atomic E-state index is 11.5. The molecule has 0 bridgehead atoms. The largest absolute Gasteiger partial charge is 0.466 e. The van der Waals surface area contributed by atoms with Gasteiger partial charge in [0.15, 0.2) is 5.66 Å². The van der Waals surface area contributed by atoms with Crippen molar-refractivity contribution < 1.29 is 9.53 Å². The molecule has 0 aromatic carbocycles. The first kappa shape index (κ1) is 18.4. The molecule has 20 heavy (non-hydrogen) atoms. The number of carbonyl (C=O) groups is 1. The quantitative estimate of drug-likeness (QED) is 0.217. The van der Waals surface area contributed by atoms with Crippen molar-refractivity contribution in [2.75, 3.05) is 6.61 Å². The summed E-state index contributed by atoms with van der Waals surface area (Å²) in [5.74, 6) is -0.302. The third kappa shape index (κ3) is 9.33. The van der Waals surface area contributed by atoms with Crippen molar-refractivity contribution in [3.05, 3.63) is 10.4 Å². The van der Waals surface area contributed by atoms with Crippen molar-refractivity contribution >= 4 is 5.97 Å². The Hall–Kier alpha value is -1.62. The van der Waals surface area contributed by atoms with Crippen LogP contribution in [-0.4, -0.2) is 23.8 Å². The number of azide groups is 1. The number of ether oxygens (including phenoxy) is 1. The third-order valence-corrected chi connectivity index (χ3v) is 2.39. The van der Waals surface area contributed by atoms with Gasteiger partial charge in [0.25, 0.3) is 0 Å². The Kier molecular flexibility index (Phi) is 7.84. The van der Waals surface area contributed by atoms with E-state index in [-0.39, 0.29) is 24.3 Å². The van der Waals surface area contributed by atoms with Crippen LogP contribution < -0.4 is 0 Å². The van der Waals surface area contributed by atoms with E-state index in [9.17, 15) is 4.79 Å². The summed E-state index contributed by atoms with van der Waals surface area (Å²) in [4.78, 5) is 14.3. The molecule has 1 unspecified atom stereocenters. The summed E-state index contributed by atoms with van der Waals surface area (Å²) in [6.45, 7) is 9.79. The second kappa shape index (κ2) is 8.53. The molecule has 7 heteroatoms. The lowest BCUT2D eigenvalue weighted by atomic mass is 10.1. The maximum Gasteiger partial charge on any atom is 0.305 e. The Balaban J connectivity index is 4.51. The van der Waals surface area contributed by atoms with E-state index >= 15 is 0 Å². The molecule has 114 valence electrons. The van der Waals surface area contributed by atoms with Crippen LogP contribution in [0.1, 0.15) is 60.3 Å². The van der Waals surface area contributed by atoms with Crippen molar-refractivity contribution in [2.24, 2.45) is 15.3 Å². The predicted molar refractivity (Wildman–Crippen MR) is 77.3 cm³/mol. The first-order chi connectivity index (χ1) is 9.22. The molecule has 0 aromatic rings. The van der Waals surface area contributed by atoms with Crippen molar-refractivity contribution in [1.82, 2.24) is 0 Å². The number of carbonyl (C=O) groups excluding carboxylic acids is 1. The molecule has 0 heterocycles. The third-order valence-electron chi connectivity index (χ3n) is 2.39. The topological polar surface area (TPSA) is 99.8 Å². The van der Waals surface area contributed by atoms with Gasteiger partial charge in [0.2, 0.25) is 0 Å². The summed E-state index contributed by atoms with van der Waals surface area (Å²) in [5.41, 5.74) is 7.21. The molecule has 0 spiro atoms. The fourth-order valence-electron chi connectivity index (χ4n) is 1.22. The van der Waals surface area contributed by atoms with Gasteiger partial charge < -0.3 is 4.74 Å². The van der Waals surface area contributed by atoms with Crippen LogP contribution >= 0.6 is 0 Å². The van der Waals surface area contributed by atoms with Crippen LogP contribution in [0, 0.1) is 0 Å². The fraction of sp³-hybridized carbons (Fsp3) is 0.923. The van der Waals surface area contributed by atoms with Crippen molar-refractivity contribution in [3.63, 3.8) is 0 Å². The second-order valence-electron chi connectivity index (χ2n) is 5.85. The molecule has 0 aliphatic carbocycles. The van der Waals surface area contributed by atoms with Gasteiger partial charge in [-0.05, 0) is 46.1 Å². The standard InChI is InChI=1S/C13H25N5O2/c1-6-7-10-20-11(19)8-9-13(5,17-18-14)16-15-12(2,3)4/h6-10H2,1-5H3. The molecule has 0 saturated carbocycles. The van der Waals surface area contributed by atoms with E-state index in [0.29, 0.717) is 6.61 Å². The SMILES string of the molecule is CCCCOC(=O)CCC(C)(N=NC(C)(C)C)N=[N+]=[N-]. The van der Waals surface area contributed by atoms with E-state index in [1.165, 1.54) is 0 Å². The maximum atomic E-state index is 11.5. The van der Waals surface area contributed by atoms with Gasteiger partial charge in [-0.25, -0.2) is 0 Å². The van der Waals surface area contributed by atoms with Crippen molar-refractivity contribution in [1.29, 1.82) is 0 Å². The molecule has 0 N–H and O–H groups in total. The highest BCUT2D eigenvalue weighted by atomic mass is 16.5. The summed E-state index contributed by atoms with van der Waals surface area (Å²) >= 11 is 0. The lowest BCUT2D eigenvalue weighted by Gasteiger charge is -2.19. The number of nitrogens with zero attached hydrogens (tertiary/aromatic N) is 5. The first-order valence-corrected chi connectivity index (χ1v) is 6.88. The van der Waals surface area contributed by atoms with E-state index in [2.05, 4.69) is 20.3 Å². The zero-order chi connectivity index (χ0) is 15.6. The molecular weight excluding hydrogens is 258 g/mol. The van der Waals surface area contributed by atoms with E-state index in [4.69, 9.17) is 10.3 Å². The minimum Gasteiger partial charge on any atom is -0.466 e. The van der Waals surface area contributed by atoms with E-state index in [1.807, 2.05) is 27.7 Å². The van der Waals surface area contributed by atoms with Gasteiger partial charge in [-0.3, -0.25) is 4.79 Å². The van der Waals surface area contributed by atoms with Crippen LogP contribution in [-0.2, 0) is 9.53 Å². The highest BCUT2D eigenvalue weighted by molar-refractivity contribution is 5.69. The fourth-order valence-corrected chi connectivity index (χ4v) is 1.22. The Morgan fingerprint density at radius 1 is 1.25 bits per heavy atom. The molecule has 0 aromatic heterocycles. The van der Waals surface area contributed by atoms with Crippen molar-refractivity contribution in [3.8, 4) is 0 Å². The molecular formula is C13H25N5O2. The lowest BCUT2D eigenvalue weighted by Crippen LogP contribution is -2.22. The summed E-state index contributed by atoms with van der Waals surface area (Å²) in [5, 5.41) is 11.8. The number of hydrogen-bond acceptors (Lipinski definition) is 5. The Morgan fingerprint density at radius 2 is 1.90 bits per heavy atom. The average Bonchev–Trinajstić information content (AvgIpc) is 2.34. The number of esters is 1. The summed E-state index contributed by atoms with van der Waals surface area (Å²) < 4.78 is 5.06. The van der Waals surface area contributed by atoms with Gasteiger partial charge in [-0.2, -0.15) is 10.2 Å². The van der Waals surface area contributed by atoms with E-state index in [1.54, 1.807) is 6.92 Å². The summed E-state index contributed by atoms with van der Waals surface area (Å²) in [6, 6.07) is 0. The average molecular weight is 283 g/mol. The highest BCUT2D eigenvalue weighted by Crippen LogP contribution is 2.23. The Labute approximate surface area is 120 Å². The van der Waals surface area contributed by atoms with Gasteiger partial charge in [0, 0.05) is 11.3 Å². The lowest BCUT2D eigenvalue weighted by molar-refractivity contribution is -0.144. The van der Waals surface area contributed by atoms with Crippen LogP contribution in [0.5, 0.6) is 0 Å². The molecule has 0 amide bonds. The van der Waals surface area contributed by atoms with Crippen LogP contribution in [0.4, 0.5) is 0 Å². The summed E-state index contributed by atoms with van der Waals surface area (Å²) in [6.07, 6.45) is 2.26. The van der Waals surface area contributed by atoms with Gasteiger partial charge in [0.05, 0.1) is 12.1 Å². The van der Waals surface area contributed by atoms with Crippen LogP contribution in [0.3, 0.4) is 0 Å². The van der Waals surface area contributed by atoms with Gasteiger partial charge >= 0.3 is 5.97 Å². The zero-order valence-electron chi connectivity index (χ0n) is 13.1. The molecule has 1 atom stereocenters. The van der Waals surface area contributed by atoms with E-state index < -0.39 is 5.66 Å². The molecule has 0 saturated heterocycles. The Morgan fingerprint density at radius 3 is 2.40 bits per heavy atom. The zero-order valence-corrected chi connectivity index (χ0v) is 13.1. The number of rotatable bonds is 8. The molecule has 0 aliphatic rings. The summed E-state index contributed by atoms with van der Waals surface area (Å²) in [7, 11) is 0.